The highest BCUT2D eigenvalue weighted by Gasteiger charge is 2.30. The standard InChI is InChI=1S/C26H25F3N4O/c1-3-4-10-23-31-22-15-21(32-25(34)19-8-6-5-7-9-19)17(2)30-24(22)33(23)16-18-11-13-20(14-12-18)26(27,28)29/h5-9,11-15H,3-4,10,16H2,1-2H3,(H,32,34). The van der Waals surface area contributed by atoms with Gasteiger partial charge in [-0.05, 0) is 49.2 Å². The Bertz CT molecular complexity index is 1300. The molecule has 0 saturated heterocycles. The van der Waals surface area contributed by atoms with E-state index in [0.29, 0.717) is 34.7 Å². The SMILES string of the molecule is CCCCc1nc2cc(NC(=O)c3ccccc3)c(C)nc2n1Cc1ccc(C(F)(F)F)cc1. The number of nitrogens with one attached hydrogen (secondary N) is 1. The van der Waals surface area contributed by atoms with Gasteiger partial charge in [0.1, 0.15) is 11.3 Å². The molecule has 8 heteroatoms. The smallest absolute Gasteiger partial charge is 0.320 e. The lowest BCUT2D eigenvalue weighted by Crippen LogP contribution is -2.13. The summed E-state index contributed by atoms with van der Waals surface area (Å²) < 4.78 is 40.8. The van der Waals surface area contributed by atoms with Gasteiger partial charge in [-0.1, -0.05) is 43.7 Å². The molecular weight excluding hydrogens is 441 g/mol. The van der Waals surface area contributed by atoms with Gasteiger partial charge in [0.2, 0.25) is 0 Å². The van der Waals surface area contributed by atoms with Crippen molar-refractivity contribution < 1.29 is 18.0 Å². The van der Waals surface area contributed by atoms with Gasteiger partial charge in [-0.15, -0.1) is 0 Å². The van der Waals surface area contributed by atoms with Crippen LogP contribution >= 0.6 is 0 Å². The second kappa shape index (κ2) is 9.67. The van der Waals surface area contributed by atoms with Gasteiger partial charge in [0, 0.05) is 12.0 Å². The fourth-order valence-corrected chi connectivity index (χ4v) is 3.77. The molecular formula is C26H25F3N4O. The average molecular weight is 467 g/mol. The summed E-state index contributed by atoms with van der Waals surface area (Å²) in [6, 6.07) is 15.9. The third-order valence-electron chi connectivity index (χ3n) is 5.65. The molecule has 0 atom stereocenters. The van der Waals surface area contributed by atoms with E-state index in [-0.39, 0.29) is 5.91 Å². The van der Waals surface area contributed by atoms with Crippen LogP contribution < -0.4 is 5.32 Å². The van der Waals surface area contributed by atoms with E-state index in [9.17, 15) is 18.0 Å². The van der Waals surface area contributed by atoms with E-state index in [1.54, 1.807) is 37.3 Å². The zero-order valence-electron chi connectivity index (χ0n) is 19.0. The maximum Gasteiger partial charge on any atom is 0.416 e. The predicted molar refractivity (Wildman–Crippen MR) is 126 cm³/mol. The van der Waals surface area contributed by atoms with Crippen LogP contribution in [-0.2, 0) is 19.1 Å². The average Bonchev–Trinajstić information content (AvgIpc) is 3.14. The molecule has 0 spiro atoms. The maximum atomic E-state index is 12.9. The number of anilines is 1. The summed E-state index contributed by atoms with van der Waals surface area (Å²) in [6.45, 7) is 4.25. The van der Waals surface area contributed by atoms with Crippen LogP contribution in [0.4, 0.5) is 18.9 Å². The van der Waals surface area contributed by atoms with Crippen molar-refractivity contribution in [1.29, 1.82) is 0 Å². The first-order valence-electron chi connectivity index (χ1n) is 11.2. The van der Waals surface area contributed by atoms with Crippen LogP contribution in [-0.4, -0.2) is 20.4 Å². The Morgan fingerprint density at radius 1 is 1.03 bits per heavy atom. The molecule has 0 saturated carbocycles. The lowest BCUT2D eigenvalue weighted by molar-refractivity contribution is -0.137. The number of rotatable bonds is 7. The number of hydrogen-bond donors (Lipinski definition) is 1. The number of alkyl halides is 3. The van der Waals surface area contributed by atoms with Gasteiger partial charge in [0.25, 0.3) is 5.91 Å². The highest BCUT2D eigenvalue weighted by Crippen LogP contribution is 2.30. The molecule has 2 aromatic carbocycles. The van der Waals surface area contributed by atoms with Crippen LogP contribution in [0.5, 0.6) is 0 Å². The predicted octanol–water partition coefficient (Wildman–Crippen LogP) is 6.40. The van der Waals surface area contributed by atoms with Crippen molar-refractivity contribution in [1.82, 2.24) is 14.5 Å². The van der Waals surface area contributed by atoms with E-state index in [0.717, 1.165) is 42.8 Å². The first-order chi connectivity index (χ1) is 16.3. The largest absolute Gasteiger partial charge is 0.416 e. The van der Waals surface area contributed by atoms with Crippen LogP contribution in [0.25, 0.3) is 11.2 Å². The van der Waals surface area contributed by atoms with E-state index >= 15 is 0 Å². The number of imidazole rings is 1. The van der Waals surface area contributed by atoms with Crippen molar-refractivity contribution in [3.63, 3.8) is 0 Å². The first kappa shape index (κ1) is 23.5. The highest BCUT2D eigenvalue weighted by atomic mass is 19.4. The topological polar surface area (TPSA) is 59.8 Å². The zero-order chi connectivity index (χ0) is 24.3. The number of fused-ring (bicyclic) bond motifs is 1. The number of unbranched alkanes of at least 4 members (excludes halogenated alkanes) is 1. The third kappa shape index (κ3) is 5.11. The van der Waals surface area contributed by atoms with Gasteiger partial charge in [-0.2, -0.15) is 13.2 Å². The number of pyridine rings is 1. The Labute approximate surface area is 195 Å². The molecule has 34 heavy (non-hydrogen) atoms. The van der Waals surface area contributed by atoms with E-state index in [1.807, 2.05) is 10.6 Å². The Hall–Kier alpha value is -3.68. The number of carbonyl (C=O) groups is 1. The second-order valence-corrected chi connectivity index (χ2v) is 8.20. The van der Waals surface area contributed by atoms with Crippen LogP contribution in [0.15, 0.2) is 60.7 Å². The van der Waals surface area contributed by atoms with Gasteiger partial charge in [-0.3, -0.25) is 4.79 Å². The van der Waals surface area contributed by atoms with Crippen LogP contribution in [0.3, 0.4) is 0 Å². The minimum absolute atomic E-state index is 0.236. The Morgan fingerprint density at radius 2 is 1.74 bits per heavy atom. The van der Waals surface area contributed by atoms with Crippen LogP contribution in [0, 0.1) is 6.92 Å². The van der Waals surface area contributed by atoms with E-state index in [1.165, 1.54) is 12.1 Å². The molecule has 2 aromatic heterocycles. The van der Waals surface area contributed by atoms with Crippen LogP contribution in [0.2, 0.25) is 0 Å². The number of carbonyl (C=O) groups excluding carboxylic acids is 1. The molecule has 0 aliphatic rings. The molecule has 0 bridgehead atoms. The van der Waals surface area contributed by atoms with Crippen molar-refractivity contribution >= 4 is 22.8 Å². The van der Waals surface area contributed by atoms with Crippen molar-refractivity contribution in [2.45, 2.75) is 45.8 Å². The second-order valence-electron chi connectivity index (χ2n) is 8.20. The van der Waals surface area contributed by atoms with E-state index in [4.69, 9.17) is 9.97 Å². The molecule has 1 N–H and O–H groups in total. The molecule has 0 aliphatic heterocycles. The number of benzene rings is 2. The zero-order valence-corrected chi connectivity index (χ0v) is 19.0. The normalized spacial score (nSPS) is 11.7. The Balaban J connectivity index is 1.68. The van der Waals surface area contributed by atoms with Gasteiger partial charge in [0.15, 0.2) is 5.65 Å². The lowest BCUT2D eigenvalue weighted by Gasteiger charge is -2.12. The molecule has 4 aromatic rings. The van der Waals surface area contributed by atoms with Crippen LogP contribution in [0.1, 0.15) is 52.8 Å². The minimum Gasteiger partial charge on any atom is -0.320 e. The molecule has 176 valence electrons. The molecule has 0 aliphatic carbocycles. The van der Waals surface area contributed by atoms with Crippen molar-refractivity contribution in [2.75, 3.05) is 5.32 Å². The lowest BCUT2D eigenvalue weighted by atomic mass is 10.1. The summed E-state index contributed by atoms with van der Waals surface area (Å²) in [5.41, 5.74) is 3.07. The summed E-state index contributed by atoms with van der Waals surface area (Å²) in [5, 5.41) is 2.90. The Kier molecular flexibility index (Phi) is 6.68. The van der Waals surface area contributed by atoms with Crippen molar-refractivity contribution in [2.24, 2.45) is 0 Å². The summed E-state index contributed by atoms with van der Waals surface area (Å²) in [5.74, 6) is 0.579. The quantitative estimate of drug-likeness (QED) is 0.343. The van der Waals surface area contributed by atoms with Crippen molar-refractivity contribution in [3.05, 3.63) is 88.9 Å². The monoisotopic (exact) mass is 466 g/mol. The number of halogens is 3. The highest BCUT2D eigenvalue weighted by molar-refractivity contribution is 6.05. The summed E-state index contributed by atoms with van der Waals surface area (Å²) >= 11 is 0. The minimum atomic E-state index is -4.37. The number of nitrogens with zero attached hydrogens (tertiary/aromatic N) is 3. The fraction of sp³-hybridized carbons (Fsp3) is 0.269. The number of amides is 1. The molecule has 0 fully saturated rings. The van der Waals surface area contributed by atoms with Gasteiger partial charge in [0.05, 0.1) is 23.5 Å². The molecule has 0 unspecified atom stereocenters. The molecule has 1 amide bonds. The Morgan fingerprint density at radius 3 is 2.38 bits per heavy atom. The third-order valence-corrected chi connectivity index (χ3v) is 5.65. The molecule has 4 rings (SSSR count). The summed E-state index contributed by atoms with van der Waals surface area (Å²) in [6.07, 6.45) is -1.74. The molecule has 5 nitrogen and oxygen atoms in total. The number of hydrogen-bond acceptors (Lipinski definition) is 3. The van der Waals surface area contributed by atoms with E-state index in [2.05, 4.69) is 12.2 Å². The first-order valence-corrected chi connectivity index (χ1v) is 11.2. The van der Waals surface area contributed by atoms with E-state index < -0.39 is 11.7 Å². The number of aryl methyl sites for hydroxylation is 2. The summed E-state index contributed by atoms with van der Waals surface area (Å²) in [4.78, 5) is 22.1. The van der Waals surface area contributed by atoms with Gasteiger partial charge in [-0.25, -0.2) is 9.97 Å². The molecule has 0 radical (unpaired) electrons. The van der Waals surface area contributed by atoms with Gasteiger partial charge < -0.3 is 9.88 Å². The van der Waals surface area contributed by atoms with Gasteiger partial charge >= 0.3 is 6.18 Å². The summed E-state index contributed by atoms with van der Waals surface area (Å²) in [7, 11) is 0. The maximum absolute atomic E-state index is 12.9. The number of aromatic nitrogens is 3. The fourth-order valence-electron chi connectivity index (χ4n) is 3.77. The van der Waals surface area contributed by atoms with Crippen molar-refractivity contribution in [3.8, 4) is 0 Å². The molecule has 2 heterocycles.